The second-order valence-electron chi connectivity index (χ2n) is 2.70. The van der Waals surface area contributed by atoms with Gasteiger partial charge in [0.1, 0.15) is 12.1 Å². The molecule has 0 spiro atoms. The Hall–Kier alpha value is -0.570. The highest BCUT2D eigenvalue weighted by atomic mass is 32.3. The van der Waals surface area contributed by atoms with Crippen molar-refractivity contribution in [2.45, 2.75) is 12.1 Å². The van der Waals surface area contributed by atoms with Gasteiger partial charge in [0.2, 0.25) is 0 Å². The second-order valence-corrected chi connectivity index (χ2v) is 4.33. The molecule has 0 saturated heterocycles. The fourth-order valence-electron chi connectivity index (χ4n) is 0.156. The normalized spacial score (nSPS) is 12.9. The Kier molecular flexibility index (Phi) is 15.4. The number of hydrogen-bond donors (Lipinski definition) is 8. The van der Waals surface area contributed by atoms with Crippen molar-refractivity contribution >= 4 is 47.6 Å². The van der Waals surface area contributed by atoms with Crippen LogP contribution in [0.3, 0.4) is 0 Å². The van der Waals surface area contributed by atoms with Crippen LogP contribution in [0.2, 0.25) is 0 Å². The molecule has 0 aliphatic heterocycles. The molecular formula is C6H16N2O8S3. The van der Waals surface area contributed by atoms with Gasteiger partial charge in [-0.2, -0.15) is 33.7 Å². The molecule has 13 heteroatoms. The molecule has 116 valence electrons. The van der Waals surface area contributed by atoms with Gasteiger partial charge in [-0.05, 0) is 0 Å². The highest BCUT2D eigenvalue weighted by Crippen LogP contribution is 1.80. The fourth-order valence-corrected chi connectivity index (χ4v) is 0.469. The molecule has 0 aliphatic rings. The molecular weight excluding hydrogens is 324 g/mol. The summed E-state index contributed by atoms with van der Waals surface area (Å²) in [4.78, 5) is 19.5. The van der Waals surface area contributed by atoms with Crippen LogP contribution in [-0.2, 0) is 20.0 Å². The third-order valence-corrected chi connectivity index (χ3v) is 1.81. The Labute approximate surface area is 120 Å². The third-order valence-electron chi connectivity index (χ3n) is 1.03. The first-order chi connectivity index (χ1) is 8.36. The van der Waals surface area contributed by atoms with Crippen LogP contribution < -0.4 is 11.5 Å². The standard InChI is InChI=1S/2C3H7NO2S.H2O4S/c2*4-2(1-7)3(5)6;1-5(2,3)4/h2*2,7H,1,4H2,(H,5,6);(H2,1,2,3,4). The summed E-state index contributed by atoms with van der Waals surface area (Å²) >= 11 is 7.30. The van der Waals surface area contributed by atoms with Crippen LogP contribution >= 0.6 is 25.3 Å². The lowest BCUT2D eigenvalue weighted by molar-refractivity contribution is -0.138. The number of carboxylic acids is 2. The summed E-state index contributed by atoms with van der Waals surface area (Å²) < 4.78 is 31.6. The number of rotatable bonds is 4. The molecule has 0 radical (unpaired) electrons. The molecule has 0 rings (SSSR count). The molecule has 2 unspecified atom stereocenters. The van der Waals surface area contributed by atoms with E-state index in [2.05, 4.69) is 25.3 Å². The molecule has 0 saturated carbocycles. The van der Waals surface area contributed by atoms with Gasteiger partial charge in [0.25, 0.3) is 0 Å². The van der Waals surface area contributed by atoms with Gasteiger partial charge < -0.3 is 21.7 Å². The molecule has 2 atom stereocenters. The Balaban J connectivity index is -0.000000206. The Morgan fingerprint density at radius 2 is 1.11 bits per heavy atom. The SMILES string of the molecule is NC(CS)C(=O)O.NC(CS)C(=O)O.O=S(=O)(O)O. The lowest BCUT2D eigenvalue weighted by Gasteiger charge is -1.96. The molecule has 8 N–H and O–H groups in total. The van der Waals surface area contributed by atoms with Crippen LogP contribution in [0, 0.1) is 0 Å². The van der Waals surface area contributed by atoms with Crippen molar-refractivity contribution in [3.63, 3.8) is 0 Å². The highest BCUT2D eigenvalue weighted by molar-refractivity contribution is 7.80. The van der Waals surface area contributed by atoms with E-state index in [4.69, 9.17) is 39.2 Å². The number of carboxylic acid groups (broad SMARTS) is 2. The van der Waals surface area contributed by atoms with Gasteiger partial charge in [0.05, 0.1) is 0 Å². The zero-order valence-electron chi connectivity index (χ0n) is 9.45. The summed E-state index contributed by atoms with van der Waals surface area (Å²) in [7, 11) is -4.67. The molecule has 0 fully saturated rings. The monoisotopic (exact) mass is 340 g/mol. The van der Waals surface area contributed by atoms with Crippen LogP contribution in [0.25, 0.3) is 0 Å². The topological polar surface area (TPSA) is 201 Å². The third kappa shape index (κ3) is 31.8. The summed E-state index contributed by atoms with van der Waals surface area (Å²) in [6.07, 6.45) is 0. The molecule has 19 heavy (non-hydrogen) atoms. The second kappa shape index (κ2) is 12.5. The number of hydrogen-bond acceptors (Lipinski definition) is 8. The predicted molar refractivity (Wildman–Crippen MR) is 73.1 cm³/mol. The molecule has 0 aromatic carbocycles. The maximum atomic E-state index is 9.76. The average molecular weight is 340 g/mol. The van der Waals surface area contributed by atoms with Gasteiger partial charge in [-0.15, -0.1) is 0 Å². The van der Waals surface area contributed by atoms with Crippen LogP contribution in [0.15, 0.2) is 0 Å². The van der Waals surface area contributed by atoms with E-state index in [0.717, 1.165) is 0 Å². The van der Waals surface area contributed by atoms with E-state index in [1.807, 2.05) is 0 Å². The maximum absolute atomic E-state index is 9.76. The average Bonchev–Trinajstić information content (AvgIpc) is 2.25. The van der Waals surface area contributed by atoms with Crippen molar-refractivity contribution in [3.05, 3.63) is 0 Å². The van der Waals surface area contributed by atoms with E-state index in [1.54, 1.807) is 0 Å². The van der Waals surface area contributed by atoms with Crippen molar-refractivity contribution in [2.24, 2.45) is 11.5 Å². The van der Waals surface area contributed by atoms with E-state index >= 15 is 0 Å². The lowest BCUT2D eigenvalue weighted by atomic mass is 10.4. The van der Waals surface area contributed by atoms with Crippen LogP contribution in [0.1, 0.15) is 0 Å². The first-order valence-electron chi connectivity index (χ1n) is 4.25. The first-order valence-corrected chi connectivity index (χ1v) is 6.91. The Bertz CT molecular complexity index is 331. The van der Waals surface area contributed by atoms with Gasteiger partial charge in [-0.25, -0.2) is 0 Å². The highest BCUT2D eigenvalue weighted by Gasteiger charge is 2.06. The Morgan fingerprint density at radius 3 is 1.11 bits per heavy atom. The number of aliphatic carboxylic acids is 2. The molecule has 0 aromatic rings. The summed E-state index contributed by atoms with van der Waals surface area (Å²) in [6.45, 7) is 0. The Morgan fingerprint density at radius 1 is 0.947 bits per heavy atom. The van der Waals surface area contributed by atoms with Gasteiger partial charge in [0.15, 0.2) is 0 Å². The minimum Gasteiger partial charge on any atom is -0.480 e. The van der Waals surface area contributed by atoms with Crippen LogP contribution in [-0.4, -0.2) is 63.3 Å². The van der Waals surface area contributed by atoms with Crippen molar-refractivity contribution in [1.29, 1.82) is 0 Å². The lowest BCUT2D eigenvalue weighted by Crippen LogP contribution is -2.31. The first kappa shape index (κ1) is 23.5. The summed E-state index contributed by atoms with van der Waals surface area (Å²) in [6, 6.07) is -1.63. The zero-order valence-corrected chi connectivity index (χ0v) is 12.1. The summed E-state index contributed by atoms with van der Waals surface area (Å²) in [5.74, 6) is -1.63. The summed E-state index contributed by atoms with van der Waals surface area (Å²) in [5.41, 5.74) is 9.88. The molecule has 0 bridgehead atoms. The van der Waals surface area contributed by atoms with Crippen molar-refractivity contribution in [1.82, 2.24) is 0 Å². The smallest absolute Gasteiger partial charge is 0.394 e. The van der Waals surface area contributed by atoms with Crippen LogP contribution in [0.4, 0.5) is 0 Å². The van der Waals surface area contributed by atoms with E-state index < -0.39 is 34.4 Å². The molecule has 0 aliphatic carbocycles. The van der Waals surface area contributed by atoms with E-state index in [9.17, 15) is 9.59 Å². The van der Waals surface area contributed by atoms with E-state index in [-0.39, 0.29) is 11.5 Å². The largest absolute Gasteiger partial charge is 0.480 e. The number of thiol groups is 2. The fraction of sp³-hybridized carbons (Fsp3) is 0.667. The van der Waals surface area contributed by atoms with Gasteiger partial charge in [-0.1, -0.05) is 0 Å². The van der Waals surface area contributed by atoms with Crippen molar-refractivity contribution in [2.75, 3.05) is 11.5 Å². The number of nitrogens with two attached hydrogens (primary N) is 2. The zero-order chi connectivity index (χ0) is 16.2. The number of carbonyl (C=O) groups is 2. The molecule has 10 nitrogen and oxygen atoms in total. The molecule has 0 aromatic heterocycles. The predicted octanol–water partition coefficient (Wildman–Crippen LogP) is -2.00. The van der Waals surface area contributed by atoms with Crippen molar-refractivity contribution in [3.8, 4) is 0 Å². The van der Waals surface area contributed by atoms with Gasteiger partial charge in [-0.3, -0.25) is 18.7 Å². The quantitative estimate of drug-likeness (QED) is 0.209. The molecule has 0 heterocycles. The van der Waals surface area contributed by atoms with E-state index in [0.29, 0.717) is 0 Å². The minimum absolute atomic E-state index is 0.190. The van der Waals surface area contributed by atoms with E-state index in [1.165, 1.54) is 0 Å². The van der Waals surface area contributed by atoms with Gasteiger partial charge >= 0.3 is 22.3 Å². The molecule has 0 amide bonds. The van der Waals surface area contributed by atoms with Crippen LogP contribution in [0.5, 0.6) is 0 Å². The summed E-state index contributed by atoms with van der Waals surface area (Å²) in [5, 5.41) is 16.0. The maximum Gasteiger partial charge on any atom is 0.394 e. The van der Waals surface area contributed by atoms with Crippen molar-refractivity contribution < 1.29 is 37.3 Å². The minimum atomic E-state index is -4.67. The van der Waals surface area contributed by atoms with Gasteiger partial charge in [0, 0.05) is 11.5 Å².